The Balaban J connectivity index is 2.10. The van der Waals surface area contributed by atoms with Crippen LogP contribution in [0, 0.1) is 5.82 Å². The van der Waals surface area contributed by atoms with E-state index in [1.165, 1.54) is 12.1 Å². The maximum Gasteiger partial charge on any atom is 0.123 e. The zero-order chi connectivity index (χ0) is 15.4. The van der Waals surface area contributed by atoms with Gasteiger partial charge in [-0.1, -0.05) is 12.1 Å². The third-order valence-electron chi connectivity index (χ3n) is 3.67. The summed E-state index contributed by atoms with van der Waals surface area (Å²) in [5.74, 6) is -0.245. The van der Waals surface area contributed by atoms with Crippen molar-refractivity contribution >= 4 is 0 Å². The normalized spacial score (nSPS) is 10.8. The average Bonchev–Trinajstić information content (AvgIpc) is 2.98. The fraction of sp³-hybridized carbons (Fsp3) is 0.167. The molecule has 0 saturated heterocycles. The Morgan fingerprint density at radius 2 is 1.73 bits per heavy atom. The summed E-state index contributed by atoms with van der Waals surface area (Å²) in [6.07, 6.45) is 6.91. The van der Waals surface area contributed by atoms with Crippen molar-refractivity contribution in [1.29, 1.82) is 0 Å². The highest BCUT2D eigenvalue weighted by Gasteiger charge is 2.14. The topological polar surface area (TPSA) is 48.9 Å². The number of nitrogens with one attached hydrogen (secondary N) is 1. The van der Waals surface area contributed by atoms with Crippen molar-refractivity contribution in [3.8, 4) is 22.3 Å². The monoisotopic (exact) mass is 296 g/mol. The molecule has 0 aliphatic carbocycles. The lowest BCUT2D eigenvalue weighted by molar-refractivity contribution is 0.288. The molecular weight excluding hydrogens is 279 g/mol. The van der Waals surface area contributed by atoms with Gasteiger partial charge in [-0.25, -0.2) is 4.39 Å². The molecule has 0 saturated carbocycles. The summed E-state index contributed by atoms with van der Waals surface area (Å²) in [5, 5.41) is 9.08. The Bertz CT molecular complexity index is 736. The van der Waals surface area contributed by atoms with E-state index in [4.69, 9.17) is 5.11 Å². The summed E-state index contributed by atoms with van der Waals surface area (Å²) in [5.41, 5.74) is 5.20. The molecule has 0 amide bonds. The van der Waals surface area contributed by atoms with Crippen molar-refractivity contribution in [2.24, 2.45) is 0 Å². The van der Waals surface area contributed by atoms with Crippen molar-refractivity contribution in [3.05, 3.63) is 66.5 Å². The van der Waals surface area contributed by atoms with Crippen LogP contribution in [0.2, 0.25) is 0 Å². The molecule has 4 heteroatoms. The minimum absolute atomic E-state index is 0.153. The lowest BCUT2D eigenvalue weighted by atomic mass is 9.96. The minimum atomic E-state index is -0.245. The number of hydrogen-bond donors (Lipinski definition) is 2. The molecule has 112 valence electrons. The first-order valence-electron chi connectivity index (χ1n) is 7.27. The Labute approximate surface area is 128 Å². The predicted molar refractivity (Wildman–Crippen MR) is 84.8 cm³/mol. The second-order valence-corrected chi connectivity index (χ2v) is 5.13. The first-order chi connectivity index (χ1) is 10.8. The third-order valence-corrected chi connectivity index (χ3v) is 3.67. The third kappa shape index (κ3) is 2.92. The highest BCUT2D eigenvalue weighted by atomic mass is 19.1. The van der Waals surface area contributed by atoms with Gasteiger partial charge in [0.1, 0.15) is 5.82 Å². The molecule has 3 rings (SSSR count). The number of aryl methyl sites for hydroxylation is 1. The molecule has 2 heterocycles. The molecule has 2 N–H and O–H groups in total. The van der Waals surface area contributed by atoms with Crippen LogP contribution in [-0.4, -0.2) is 21.7 Å². The van der Waals surface area contributed by atoms with Gasteiger partial charge in [0, 0.05) is 42.0 Å². The van der Waals surface area contributed by atoms with Crippen molar-refractivity contribution in [3.63, 3.8) is 0 Å². The Morgan fingerprint density at radius 3 is 2.41 bits per heavy atom. The van der Waals surface area contributed by atoms with E-state index in [9.17, 15) is 4.39 Å². The lowest BCUT2D eigenvalue weighted by Gasteiger charge is -2.08. The molecular formula is C18H17FN2O. The largest absolute Gasteiger partial charge is 0.396 e. The molecule has 0 aliphatic heterocycles. The Morgan fingerprint density at radius 1 is 1.00 bits per heavy atom. The summed E-state index contributed by atoms with van der Waals surface area (Å²) in [4.78, 5) is 7.36. The molecule has 0 spiro atoms. The van der Waals surface area contributed by atoms with Crippen LogP contribution in [0.3, 0.4) is 0 Å². The number of benzene rings is 1. The van der Waals surface area contributed by atoms with Crippen molar-refractivity contribution < 1.29 is 9.50 Å². The second-order valence-electron chi connectivity index (χ2n) is 5.13. The van der Waals surface area contributed by atoms with E-state index < -0.39 is 0 Å². The van der Waals surface area contributed by atoms with Gasteiger partial charge in [0.2, 0.25) is 0 Å². The maximum atomic E-state index is 13.2. The number of pyridine rings is 1. The van der Waals surface area contributed by atoms with Gasteiger partial charge in [-0.2, -0.15) is 0 Å². The lowest BCUT2D eigenvalue weighted by Crippen LogP contribution is -1.93. The smallest absolute Gasteiger partial charge is 0.123 e. The van der Waals surface area contributed by atoms with Gasteiger partial charge in [-0.15, -0.1) is 0 Å². The first kappa shape index (κ1) is 14.5. The molecule has 1 aromatic carbocycles. The van der Waals surface area contributed by atoms with E-state index in [0.29, 0.717) is 6.42 Å². The number of aliphatic hydroxyl groups excluding tert-OH is 1. The van der Waals surface area contributed by atoms with E-state index in [1.54, 1.807) is 24.5 Å². The summed E-state index contributed by atoms with van der Waals surface area (Å²) in [6.45, 7) is 0.153. The first-order valence-corrected chi connectivity index (χ1v) is 7.27. The number of nitrogens with zero attached hydrogens (tertiary/aromatic N) is 1. The number of rotatable bonds is 5. The highest BCUT2D eigenvalue weighted by molar-refractivity contribution is 5.85. The Hall–Kier alpha value is -2.46. The van der Waals surface area contributed by atoms with Gasteiger partial charge in [-0.05, 0) is 48.2 Å². The number of aromatic amines is 1. The van der Waals surface area contributed by atoms with Gasteiger partial charge in [-0.3, -0.25) is 4.98 Å². The van der Waals surface area contributed by atoms with Crippen LogP contribution in [0.4, 0.5) is 4.39 Å². The number of aromatic nitrogens is 2. The molecule has 3 nitrogen and oxygen atoms in total. The average molecular weight is 296 g/mol. The maximum absolute atomic E-state index is 13.2. The predicted octanol–water partition coefficient (Wildman–Crippen LogP) is 3.81. The van der Waals surface area contributed by atoms with Gasteiger partial charge in [0.25, 0.3) is 0 Å². The van der Waals surface area contributed by atoms with E-state index in [2.05, 4.69) is 9.97 Å². The summed E-state index contributed by atoms with van der Waals surface area (Å²) in [6, 6.07) is 10.4. The summed E-state index contributed by atoms with van der Waals surface area (Å²) < 4.78 is 13.2. The van der Waals surface area contributed by atoms with Crippen LogP contribution in [0.15, 0.2) is 55.0 Å². The molecule has 0 atom stereocenters. The fourth-order valence-corrected chi connectivity index (χ4v) is 2.62. The SMILES string of the molecule is OCCCc1[nH]cc(-c2ccc(F)cc2)c1-c1ccncc1. The highest BCUT2D eigenvalue weighted by Crippen LogP contribution is 2.35. The zero-order valence-electron chi connectivity index (χ0n) is 12.1. The van der Waals surface area contributed by atoms with Crippen LogP contribution in [0.25, 0.3) is 22.3 Å². The van der Waals surface area contributed by atoms with Crippen LogP contribution < -0.4 is 0 Å². The van der Waals surface area contributed by atoms with Crippen LogP contribution in [-0.2, 0) is 6.42 Å². The van der Waals surface area contributed by atoms with Crippen molar-refractivity contribution in [2.75, 3.05) is 6.61 Å². The quantitative estimate of drug-likeness (QED) is 0.752. The summed E-state index contributed by atoms with van der Waals surface area (Å²) >= 11 is 0. The van der Waals surface area contributed by atoms with Gasteiger partial charge >= 0.3 is 0 Å². The van der Waals surface area contributed by atoms with Gasteiger partial charge in [0.15, 0.2) is 0 Å². The molecule has 2 aromatic heterocycles. The molecule has 3 aromatic rings. The van der Waals surface area contributed by atoms with Crippen LogP contribution in [0.1, 0.15) is 12.1 Å². The molecule has 0 fully saturated rings. The van der Waals surface area contributed by atoms with E-state index in [-0.39, 0.29) is 12.4 Å². The second kappa shape index (κ2) is 6.54. The summed E-state index contributed by atoms with van der Waals surface area (Å²) in [7, 11) is 0. The molecule has 0 bridgehead atoms. The minimum Gasteiger partial charge on any atom is -0.396 e. The number of aliphatic hydroxyl groups is 1. The van der Waals surface area contributed by atoms with Gasteiger partial charge in [0.05, 0.1) is 0 Å². The zero-order valence-corrected chi connectivity index (χ0v) is 12.1. The van der Waals surface area contributed by atoms with Crippen molar-refractivity contribution in [2.45, 2.75) is 12.8 Å². The molecule has 0 aliphatic rings. The van der Waals surface area contributed by atoms with Crippen molar-refractivity contribution in [1.82, 2.24) is 9.97 Å². The number of H-pyrrole nitrogens is 1. The fourth-order valence-electron chi connectivity index (χ4n) is 2.62. The van der Waals surface area contributed by atoms with Crippen LogP contribution in [0.5, 0.6) is 0 Å². The molecule has 22 heavy (non-hydrogen) atoms. The van der Waals surface area contributed by atoms with E-state index in [0.717, 1.165) is 34.4 Å². The Kier molecular flexibility index (Phi) is 4.30. The molecule has 0 unspecified atom stereocenters. The van der Waals surface area contributed by atoms with Gasteiger partial charge < -0.3 is 10.1 Å². The number of hydrogen-bond acceptors (Lipinski definition) is 2. The van der Waals surface area contributed by atoms with E-state index in [1.807, 2.05) is 18.3 Å². The number of halogens is 1. The standard InChI is InChI=1S/C18H17FN2O/c19-15-5-3-13(4-6-15)16-12-21-17(2-1-11-22)18(16)14-7-9-20-10-8-14/h3-10,12,21-22H,1-2,11H2. The molecule has 0 radical (unpaired) electrons. The van der Waals surface area contributed by atoms with E-state index >= 15 is 0 Å². The van der Waals surface area contributed by atoms with Crippen LogP contribution >= 0.6 is 0 Å².